The zero-order chi connectivity index (χ0) is 27.2. The van der Waals surface area contributed by atoms with E-state index in [0.717, 1.165) is 18.4 Å². The van der Waals surface area contributed by atoms with Crippen molar-refractivity contribution in [3.63, 3.8) is 0 Å². The van der Waals surface area contributed by atoms with Crippen molar-refractivity contribution in [1.82, 2.24) is 5.32 Å². The Kier molecular flexibility index (Phi) is 5.27. The van der Waals surface area contributed by atoms with Crippen molar-refractivity contribution in [1.29, 1.82) is 0 Å². The van der Waals surface area contributed by atoms with Crippen LogP contribution in [0.3, 0.4) is 0 Å². The molecular weight excluding hydrogens is 484 g/mol. The number of nitro benzene ring substituents is 1. The molecule has 6 rings (SSSR count). The van der Waals surface area contributed by atoms with Gasteiger partial charge in [0.25, 0.3) is 11.6 Å². The summed E-state index contributed by atoms with van der Waals surface area (Å²) in [6.45, 7) is 8.55. The van der Waals surface area contributed by atoms with Gasteiger partial charge in [-0.15, -0.1) is 0 Å². The first kappa shape index (κ1) is 24.9. The number of methoxy groups -OCH3 is 1. The molecule has 2 aromatic carbocycles. The molecule has 4 aliphatic rings. The summed E-state index contributed by atoms with van der Waals surface area (Å²) < 4.78 is 12.8. The first-order valence-corrected chi connectivity index (χ1v) is 13.5. The Bertz CT molecular complexity index is 1400. The van der Waals surface area contributed by atoms with E-state index in [-0.39, 0.29) is 28.4 Å². The largest absolute Gasteiger partial charge is 0.496 e. The molecule has 0 unspecified atom stereocenters. The highest BCUT2D eigenvalue weighted by atomic mass is 16.6. The second kappa shape index (κ2) is 8.04. The quantitative estimate of drug-likeness (QED) is 0.422. The van der Waals surface area contributed by atoms with Gasteiger partial charge in [-0.3, -0.25) is 19.7 Å². The van der Waals surface area contributed by atoms with Gasteiger partial charge in [0.2, 0.25) is 0 Å². The molecule has 2 heterocycles. The summed E-state index contributed by atoms with van der Waals surface area (Å²) >= 11 is 0. The number of carbonyl (C=O) groups excluding carboxylic acids is 2. The third-order valence-electron chi connectivity index (χ3n) is 10.5. The average Bonchev–Trinajstić information content (AvgIpc) is 3.22. The van der Waals surface area contributed by atoms with Crippen molar-refractivity contribution in [2.45, 2.75) is 71.4 Å². The van der Waals surface area contributed by atoms with Gasteiger partial charge in [0, 0.05) is 45.9 Å². The Balaban J connectivity index is 1.63. The molecule has 2 fully saturated rings. The number of nitrogens with one attached hydrogen (secondary N) is 1. The predicted octanol–water partition coefficient (Wildman–Crippen LogP) is 5.55. The van der Waals surface area contributed by atoms with Crippen LogP contribution in [0.1, 0.15) is 86.5 Å². The summed E-state index contributed by atoms with van der Waals surface area (Å²) in [5.74, 6) is 1.21. The van der Waals surface area contributed by atoms with Crippen molar-refractivity contribution in [2.75, 3.05) is 7.11 Å². The number of Topliss-reactive ketones (excluding diaryl/α,β-unsaturated/α-hetero) is 1. The zero-order valence-corrected chi connectivity index (χ0v) is 22.6. The first-order chi connectivity index (χ1) is 18.0. The van der Waals surface area contributed by atoms with Crippen LogP contribution in [0.2, 0.25) is 0 Å². The highest BCUT2D eigenvalue weighted by Crippen LogP contribution is 2.66. The summed E-state index contributed by atoms with van der Waals surface area (Å²) in [6, 6.07) is 8.28. The molecule has 1 N–H and O–H groups in total. The summed E-state index contributed by atoms with van der Waals surface area (Å²) in [4.78, 5) is 38.2. The van der Waals surface area contributed by atoms with Crippen molar-refractivity contribution in [3.05, 3.63) is 62.7 Å². The van der Waals surface area contributed by atoms with E-state index in [1.165, 1.54) is 0 Å². The molecule has 8 nitrogen and oxygen atoms in total. The number of ketones is 1. The lowest BCUT2D eigenvalue weighted by molar-refractivity contribution is -0.385. The molecule has 0 aromatic heterocycles. The van der Waals surface area contributed by atoms with Crippen LogP contribution in [0.5, 0.6) is 11.5 Å². The molecule has 2 aliphatic carbocycles. The number of nitrogens with zero attached hydrogens (tertiary/aromatic N) is 1. The SMILES string of the molecule is COc1ccccc1[C@H]1NC(=O)c2c([N+](=O)[O-])cc3c(c21)O[C@@]12CCC(=O)C(C)(C)[C@@H]1CC[C@H](C)[C@@]2(C)C3. The summed E-state index contributed by atoms with van der Waals surface area (Å²) in [7, 11) is 1.56. The fourth-order valence-corrected chi connectivity index (χ4v) is 8.19. The second-order valence-corrected chi connectivity index (χ2v) is 12.3. The van der Waals surface area contributed by atoms with Gasteiger partial charge in [0.05, 0.1) is 18.1 Å². The number of para-hydroxylation sites is 1. The minimum absolute atomic E-state index is 0.00576. The minimum atomic E-state index is -0.652. The van der Waals surface area contributed by atoms with Crippen LogP contribution in [0.15, 0.2) is 30.3 Å². The number of benzene rings is 2. The molecule has 2 saturated carbocycles. The molecule has 0 bridgehead atoms. The van der Waals surface area contributed by atoms with E-state index in [9.17, 15) is 19.7 Å². The fraction of sp³-hybridized carbons (Fsp3) is 0.533. The van der Waals surface area contributed by atoms with Gasteiger partial charge in [-0.25, -0.2) is 0 Å². The summed E-state index contributed by atoms with van der Waals surface area (Å²) in [5.41, 5.74) is 0.347. The molecule has 1 amide bonds. The van der Waals surface area contributed by atoms with E-state index < -0.39 is 27.9 Å². The van der Waals surface area contributed by atoms with Crippen molar-refractivity contribution in [2.24, 2.45) is 22.7 Å². The van der Waals surface area contributed by atoms with Gasteiger partial charge >= 0.3 is 0 Å². The zero-order valence-electron chi connectivity index (χ0n) is 22.6. The normalized spacial score (nSPS) is 32.7. The fourth-order valence-electron chi connectivity index (χ4n) is 8.19. The molecule has 38 heavy (non-hydrogen) atoms. The Morgan fingerprint density at radius 3 is 2.61 bits per heavy atom. The van der Waals surface area contributed by atoms with Crippen LogP contribution in [0.25, 0.3) is 0 Å². The molecule has 2 aliphatic heterocycles. The third-order valence-corrected chi connectivity index (χ3v) is 10.5. The van der Waals surface area contributed by atoms with E-state index in [4.69, 9.17) is 9.47 Å². The second-order valence-electron chi connectivity index (χ2n) is 12.3. The Morgan fingerprint density at radius 1 is 1.16 bits per heavy atom. The molecule has 1 spiro atoms. The van der Waals surface area contributed by atoms with E-state index >= 15 is 0 Å². The number of hydrogen-bond acceptors (Lipinski definition) is 6. The van der Waals surface area contributed by atoms with E-state index in [2.05, 4.69) is 19.2 Å². The maximum absolute atomic E-state index is 13.3. The number of fused-ring (bicyclic) bond motifs is 3. The molecule has 200 valence electrons. The highest BCUT2D eigenvalue weighted by molar-refractivity contribution is 6.04. The number of amides is 1. The van der Waals surface area contributed by atoms with Crippen LogP contribution in [-0.4, -0.2) is 29.3 Å². The number of hydrogen-bond donors (Lipinski definition) is 1. The monoisotopic (exact) mass is 518 g/mol. The summed E-state index contributed by atoms with van der Waals surface area (Å²) in [6.07, 6.45) is 3.48. The van der Waals surface area contributed by atoms with Crippen LogP contribution in [0, 0.1) is 32.8 Å². The van der Waals surface area contributed by atoms with E-state index in [1.54, 1.807) is 13.2 Å². The molecule has 2 aromatic rings. The highest BCUT2D eigenvalue weighted by Gasteiger charge is 2.68. The Labute approximate surface area is 222 Å². The van der Waals surface area contributed by atoms with Crippen LogP contribution in [-0.2, 0) is 11.2 Å². The van der Waals surface area contributed by atoms with E-state index in [0.29, 0.717) is 47.8 Å². The first-order valence-electron chi connectivity index (χ1n) is 13.5. The van der Waals surface area contributed by atoms with Crippen molar-refractivity contribution in [3.8, 4) is 11.5 Å². The Morgan fingerprint density at radius 2 is 1.89 bits per heavy atom. The Hall–Kier alpha value is -3.42. The lowest BCUT2D eigenvalue weighted by Gasteiger charge is -2.65. The van der Waals surface area contributed by atoms with Crippen LogP contribution in [0.4, 0.5) is 5.69 Å². The predicted molar refractivity (Wildman–Crippen MR) is 140 cm³/mol. The smallest absolute Gasteiger partial charge is 0.283 e. The van der Waals surface area contributed by atoms with Gasteiger partial charge in [-0.2, -0.15) is 0 Å². The molecule has 0 radical (unpaired) electrons. The van der Waals surface area contributed by atoms with Crippen molar-refractivity contribution >= 4 is 17.4 Å². The molecule has 5 atom stereocenters. The van der Waals surface area contributed by atoms with Crippen LogP contribution < -0.4 is 14.8 Å². The molecular formula is C30H34N2O6. The topological polar surface area (TPSA) is 108 Å². The van der Waals surface area contributed by atoms with Crippen molar-refractivity contribution < 1.29 is 24.0 Å². The maximum Gasteiger partial charge on any atom is 0.283 e. The van der Waals surface area contributed by atoms with Crippen LogP contribution >= 0.6 is 0 Å². The van der Waals surface area contributed by atoms with Gasteiger partial charge < -0.3 is 14.8 Å². The van der Waals surface area contributed by atoms with Gasteiger partial charge in [0.1, 0.15) is 28.4 Å². The van der Waals surface area contributed by atoms with Gasteiger partial charge in [0.15, 0.2) is 0 Å². The lowest BCUT2D eigenvalue weighted by Crippen LogP contribution is -2.69. The average molecular weight is 519 g/mol. The molecule has 0 saturated heterocycles. The number of rotatable bonds is 3. The minimum Gasteiger partial charge on any atom is -0.496 e. The molecule has 8 heteroatoms. The number of ether oxygens (including phenoxy) is 2. The maximum atomic E-state index is 13.3. The van der Waals surface area contributed by atoms with E-state index in [1.807, 2.05) is 38.1 Å². The summed E-state index contributed by atoms with van der Waals surface area (Å²) in [5, 5.41) is 15.2. The lowest BCUT2D eigenvalue weighted by atomic mass is 9.44. The third kappa shape index (κ3) is 3.03. The standard InChI is InChI=1S/C30H34N2O6/c1-16-10-11-21-28(2,3)22(33)12-13-30(21)29(16,4)15-17-14-19(32(35)36)23-24(26(17)38-30)25(31-27(23)34)18-8-6-7-9-20(18)37-5/h6-9,14,16,21,25H,10-13,15H2,1-5H3,(H,31,34)/t16-,21-,25+,29+,30-/m0/s1. The van der Waals surface area contributed by atoms with Gasteiger partial charge in [-0.1, -0.05) is 45.9 Å². The number of carbonyl (C=O) groups is 2. The number of nitro groups is 1. The van der Waals surface area contributed by atoms with Gasteiger partial charge in [-0.05, 0) is 37.7 Å².